The van der Waals surface area contributed by atoms with Crippen LogP contribution in [0.2, 0.25) is 0 Å². The summed E-state index contributed by atoms with van der Waals surface area (Å²) in [5.74, 6) is -0.454. The Bertz CT molecular complexity index is 211. The van der Waals surface area contributed by atoms with E-state index in [1.165, 1.54) is 6.08 Å². The predicted octanol–water partition coefficient (Wildman–Crippen LogP) is 3.01. The largest absolute Gasteiger partial charge is 0.350 e. The molecule has 13 heavy (non-hydrogen) atoms. The maximum absolute atomic E-state index is 11.2. The number of hydrogen-bond acceptors (Lipinski definition) is 1. The molecule has 1 N–H and O–H groups in total. The molecule has 0 saturated heterocycles. The number of nitrogens with one attached hydrogen (secondary N) is 1. The summed E-state index contributed by atoms with van der Waals surface area (Å²) in [5.41, 5.74) is 0. The van der Waals surface area contributed by atoms with Crippen LogP contribution in [0.25, 0.3) is 0 Å². The Morgan fingerprint density at radius 1 is 1.46 bits per heavy atom. The first kappa shape index (κ1) is 13.4. The highest BCUT2D eigenvalue weighted by atomic mass is 35.5. The van der Waals surface area contributed by atoms with Crippen molar-refractivity contribution in [3.8, 4) is 0 Å². The Kier molecular flexibility index (Phi) is 6.14. The van der Waals surface area contributed by atoms with Crippen LogP contribution in [0.15, 0.2) is 10.6 Å². The van der Waals surface area contributed by atoms with E-state index in [0.29, 0.717) is 6.42 Å². The second-order valence-corrected chi connectivity index (χ2v) is 4.75. The third kappa shape index (κ3) is 5.63. The van der Waals surface area contributed by atoms with Gasteiger partial charge >= 0.3 is 0 Å². The van der Waals surface area contributed by atoms with Crippen molar-refractivity contribution in [2.75, 3.05) is 6.54 Å². The Labute approximate surface area is 97.2 Å². The monoisotopic (exact) mass is 263 g/mol. The third-order valence-corrected chi connectivity index (χ3v) is 2.48. The standard InChI is InChI=1S/C7H9Cl4NO/c1-2-7(10,11)6(13)12-4-3-5(8)9/h3H,2,4H2,1H3,(H,12,13). The summed E-state index contributed by atoms with van der Waals surface area (Å²) >= 11 is 21.9. The minimum Gasteiger partial charge on any atom is -0.350 e. The van der Waals surface area contributed by atoms with Crippen molar-refractivity contribution >= 4 is 52.3 Å². The Morgan fingerprint density at radius 2 is 2.00 bits per heavy atom. The van der Waals surface area contributed by atoms with Crippen molar-refractivity contribution in [3.63, 3.8) is 0 Å². The molecule has 0 atom stereocenters. The van der Waals surface area contributed by atoms with Crippen molar-refractivity contribution in [2.24, 2.45) is 0 Å². The van der Waals surface area contributed by atoms with Gasteiger partial charge in [0.05, 0.1) is 0 Å². The molecule has 0 aromatic rings. The fourth-order valence-electron chi connectivity index (χ4n) is 0.511. The lowest BCUT2D eigenvalue weighted by Gasteiger charge is -2.15. The normalized spacial score (nSPS) is 10.8. The van der Waals surface area contributed by atoms with Crippen LogP contribution in [0.5, 0.6) is 0 Å². The summed E-state index contributed by atoms with van der Waals surface area (Å²) in [6.07, 6.45) is 1.76. The summed E-state index contributed by atoms with van der Waals surface area (Å²) < 4.78 is -1.29. The van der Waals surface area contributed by atoms with Gasteiger partial charge in [0.1, 0.15) is 4.49 Å². The molecule has 1 amide bonds. The van der Waals surface area contributed by atoms with Gasteiger partial charge in [-0.3, -0.25) is 4.79 Å². The molecular formula is C7H9Cl4NO. The van der Waals surface area contributed by atoms with Crippen molar-refractivity contribution in [3.05, 3.63) is 10.6 Å². The summed E-state index contributed by atoms with van der Waals surface area (Å²) in [4.78, 5) is 11.2. The number of rotatable bonds is 4. The molecule has 76 valence electrons. The Morgan fingerprint density at radius 3 is 2.38 bits per heavy atom. The molecular weight excluding hydrogens is 256 g/mol. The summed E-state index contributed by atoms with van der Waals surface area (Å²) in [5, 5.41) is 2.46. The quantitative estimate of drug-likeness (QED) is 0.778. The first-order valence-corrected chi connectivity index (χ1v) is 5.08. The highest BCUT2D eigenvalue weighted by Crippen LogP contribution is 2.24. The molecule has 0 aliphatic carbocycles. The van der Waals surface area contributed by atoms with E-state index in [1.54, 1.807) is 6.92 Å². The van der Waals surface area contributed by atoms with Gasteiger partial charge in [-0.05, 0) is 12.5 Å². The molecule has 6 heteroatoms. The zero-order valence-corrected chi connectivity index (χ0v) is 9.94. The second-order valence-electron chi connectivity index (χ2n) is 2.26. The first-order valence-electron chi connectivity index (χ1n) is 3.57. The number of carbonyl (C=O) groups excluding carboxylic acids is 1. The van der Waals surface area contributed by atoms with E-state index in [2.05, 4.69) is 5.32 Å². The zero-order chi connectivity index (χ0) is 10.5. The van der Waals surface area contributed by atoms with Crippen molar-refractivity contribution in [1.82, 2.24) is 5.32 Å². The minimum absolute atomic E-state index is 0.0894. The number of hydrogen-bond donors (Lipinski definition) is 1. The van der Waals surface area contributed by atoms with Crippen molar-refractivity contribution in [2.45, 2.75) is 17.7 Å². The van der Waals surface area contributed by atoms with Gasteiger partial charge < -0.3 is 5.32 Å². The van der Waals surface area contributed by atoms with Gasteiger partial charge in [-0.1, -0.05) is 53.3 Å². The SMILES string of the molecule is CCC(Cl)(Cl)C(=O)NCC=C(Cl)Cl. The number of carbonyl (C=O) groups is 1. The molecule has 0 radical (unpaired) electrons. The average Bonchev–Trinajstić information content (AvgIpc) is 2.03. The van der Waals surface area contributed by atoms with E-state index in [1.807, 2.05) is 0 Å². The van der Waals surface area contributed by atoms with Crippen LogP contribution in [0, 0.1) is 0 Å². The molecule has 0 aromatic carbocycles. The highest BCUT2D eigenvalue weighted by Gasteiger charge is 2.30. The highest BCUT2D eigenvalue weighted by molar-refractivity contribution is 6.58. The van der Waals surface area contributed by atoms with E-state index in [0.717, 1.165) is 0 Å². The van der Waals surface area contributed by atoms with Gasteiger partial charge in [0.2, 0.25) is 0 Å². The molecule has 0 fully saturated rings. The smallest absolute Gasteiger partial charge is 0.256 e. The Hall–Kier alpha value is 0.370. The summed E-state index contributed by atoms with van der Waals surface area (Å²) in [6, 6.07) is 0. The lowest BCUT2D eigenvalue weighted by atomic mass is 10.3. The lowest BCUT2D eigenvalue weighted by molar-refractivity contribution is -0.121. The van der Waals surface area contributed by atoms with Gasteiger partial charge in [-0.25, -0.2) is 0 Å². The molecule has 0 aliphatic heterocycles. The van der Waals surface area contributed by atoms with Gasteiger partial charge in [-0.2, -0.15) is 0 Å². The molecule has 0 saturated carbocycles. The molecule has 0 unspecified atom stereocenters. The number of amides is 1. The minimum atomic E-state index is -1.38. The van der Waals surface area contributed by atoms with Crippen LogP contribution in [0.3, 0.4) is 0 Å². The molecule has 0 bridgehead atoms. The van der Waals surface area contributed by atoms with Crippen LogP contribution in [0.1, 0.15) is 13.3 Å². The maximum Gasteiger partial charge on any atom is 0.256 e. The lowest BCUT2D eigenvalue weighted by Crippen LogP contribution is -2.37. The Balaban J connectivity index is 3.95. The van der Waals surface area contributed by atoms with Gasteiger partial charge in [0.15, 0.2) is 4.33 Å². The van der Waals surface area contributed by atoms with Gasteiger partial charge in [0, 0.05) is 6.54 Å². The fraction of sp³-hybridized carbons (Fsp3) is 0.571. The van der Waals surface area contributed by atoms with Crippen LogP contribution in [-0.4, -0.2) is 16.8 Å². The average molecular weight is 265 g/mol. The molecule has 0 heterocycles. The molecule has 2 nitrogen and oxygen atoms in total. The van der Waals surface area contributed by atoms with Crippen molar-refractivity contribution in [1.29, 1.82) is 0 Å². The number of alkyl halides is 2. The van der Waals surface area contributed by atoms with Crippen molar-refractivity contribution < 1.29 is 4.79 Å². The van der Waals surface area contributed by atoms with Crippen LogP contribution in [0.4, 0.5) is 0 Å². The molecule has 0 aromatic heterocycles. The zero-order valence-electron chi connectivity index (χ0n) is 6.91. The van der Waals surface area contributed by atoms with E-state index in [9.17, 15) is 4.79 Å². The van der Waals surface area contributed by atoms with Crippen LogP contribution < -0.4 is 5.32 Å². The summed E-state index contributed by atoms with van der Waals surface area (Å²) in [7, 11) is 0. The number of halogens is 4. The van der Waals surface area contributed by atoms with E-state index in [-0.39, 0.29) is 11.0 Å². The predicted molar refractivity (Wildman–Crippen MR) is 57.5 cm³/mol. The summed E-state index contributed by atoms with van der Waals surface area (Å²) in [6.45, 7) is 1.92. The van der Waals surface area contributed by atoms with Crippen LogP contribution >= 0.6 is 46.4 Å². The maximum atomic E-state index is 11.2. The topological polar surface area (TPSA) is 29.1 Å². The van der Waals surface area contributed by atoms with E-state index >= 15 is 0 Å². The van der Waals surface area contributed by atoms with E-state index < -0.39 is 10.2 Å². The van der Waals surface area contributed by atoms with Gasteiger partial charge in [-0.15, -0.1) is 0 Å². The van der Waals surface area contributed by atoms with E-state index in [4.69, 9.17) is 46.4 Å². The van der Waals surface area contributed by atoms with Crippen LogP contribution in [-0.2, 0) is 4.79 Å². The first-order chi connectivity index (χ1) is 5.90. The fourth-order valence-corrected chi connectivity index (χ4v) is 0.799. The second kappa shape index (κ2) is 5.97. The molecule has 0 spiro atoms. The van der Waals surface area contributed by atoms with Gasteiger partial charge in [0.25, 0.3) is 5.91 Å². The molecule has 0 rings (SSSR count). The third-order valence-electron chi connectivity index (χ3n) is 1.30. The molecule has 0 aliphatic rings.